The number of carboxylic acids is 1. The average Bonchev–Trinajstić information content (AvgIpc) is 2.15. The van der Waals surface area contributed by atoms with E-state index in [0.29, 0.717) is 0 Å². The second-order valence-electron chi connectivity index (χ2n) is 3.49. The van der Waals surface area contributed by atoms with Crippen molar-refractivity contribution >= 4 is 17.7 Å². The molecule has 0 aromatic rings. The van der Waals surface area contributed by atoms with Crippen LogP contribution in [0, 0.1) is 0 Å². The van der Waals surface area contributed by atoms with Gasteiger partial charge in [0, 0.05) is 0 Å². The highest BCUT2D eigenvalue weighted by Gasteiger charge is 2.15. The quantitative estimate of drug-likeness (QED) is 0.601. The lowest BCUT2D eigenvalue weighted by atomic mass is 10.1. The van der Waals surface area contributed by atoms with Gasteiger partial charge < -0.3 is 5.11 Å². The van der Waals surface area contributed by atoms with Crippen LogP contribution in [0.5, 0.6) is 0 Å². The molecular formula is C11H22O2S. The summed E-state index contributed by atoms with van der Waals surface area (Å²) >= 11 is 1.55. The summed E-state index contributed by atoms with van der Waals surface area (Å²) in [5.74, 6) is 0.249. The molecule has 0 aromatic heterocycles. The van der Waals surface area contributed by atoms with Crippen LogP contribution in [0.2, 0.25) is 0 Å². The van der Waals surface area contributed by atoms with Crippen LogP contribution in [-0.4, -0.2) is 22.1 Å². The third-order valence-corrected chi connectivity index (χ3v) is 3.39. The maximum absolute atomic E-state index is 10.8. The minimum Gasteiger partial charge on any atom is -0.480 e. The van der Waals surface area contributed by atoms with Crippen molar-refractivity contribution < 1.29 is 9.90 Å². The van der Waals surface area contributed by atoms with E-state index in [1.807, 2.05) is 6.92 Å². The Hall–Kier alpha value is -0.180. The number of rotatable bonds is 9. The largest absolute Gasteiger partial charge is 0.480 e. The van der Waals surface area contributed by atoms with Gasteiger partial charge in [-0.15, -0.1) is 11.8 Å². The lowest BCUT2D eigenvalue weighted by molar-refractivity contribution is -0.136. The first kappa shape index (κ1) is 13.8. The van der Waals surface area contributed by atoms with E-state index in [-0.39, 0.29) is 5.25 Å². The van der Waals surface area contributed by atoms with Crippen molar-refractivity contribution in [3.05, 3.63) is 0 Å². The summed E-state index contributed by atoms with van der Waals surface area (Å²) in [5.41, 5.74) is 0. The fourth-order valence-electron chi connectivity index (χ4n) is 1.41. The van der Waals surface area contributed by atoms with Crippen molar-refractivity contribution in [1.29, 1.82) is 0 Å². The molecule has 0 radical (unpaired) electrons. The predicted molar refractivity (Wildman–Crippen MR) is 62.9 cm³/mol. The molecule has 0 heterocycles. The smallest absolute Gasteiger partial charge is 0.316 e. The van der Waals surface area contributed by atoms with Crippen molar-refractivity contribution in [1.82, 2.24) is 0 Å². The first-order valence-corrected chi connectivity index (χ1v) is 6.61. The normalized spacial score (nSPS) is 12.7. The molecule has 0 aliphatic rings. The van der Waals surface area contributed by atoms with E-state index in [2.05, 4.69) is 6.92 Å². The Bertz CT molecular complexity index is 148. The number of thioether (sulfide) groups is 1. The second-order valence-corrected chi connectivity index (χ2v) is 4.96. The zero-order chi connectivity index (χ0) is 10.8. The molecule has 1 N–H and O–H groups in total. The van der Waals surface area contributed by atoms with Crippen LogP contribution in [0.15, 0.2) is 0 Å². The molecule has 1 unspecified atom stereocenters. The Morgan fingerprint density at radius 1 is 1.21 bits per heavy atom. The van der Waals surface area contributed by atoms with Crippen LogP contribution >= 0.6 is 11.8 Å². The van der Waals surface area contributed by atoms with Crippen molar-refractivity contribution in [2.24, 2.45) is 0 Å². The predicted octanol–water partition coefficient (Wildman–Crippen LogP) is 3.55. The molecule has 0 aliphatic heterocycles. The molecule has 0 saturated carbocycles. The first-order chi connectivity index (χ1) is 6.72. The van der Waals surface area contributed by atoms with Crippen LogP contribution in [-0.2, 0) is 4.79 Å². The molecule has 0 aliphatic carbocycles. The topological polar surface area (TPSA) is 37.3 Å². The highest BCUT2D eigenvalue weighted by molar-refractivity contribution is 8.00. The molecule has 14 heavy (non-hydrogen) atoms. The van der Waals surface area contributed by atoms with E-state index in [1.165, 1.54) is 25.7 Å². The van der Waals surface area contributed by atoms with Crippen LogP contribution < -0.4 is 0 Å². The van der Waals surface area contributed by atoms with Gasteiger partial charge in [0.15, 0.2) is 0 Å². The summed E-state index contributed by atoms with van der Waals surface area (Å²) < 4.78 is 0. The van der Waals surface area contributed by atoms with Crippen molar-refractivity contribution in [3.8, 4) is 0 Å². The first-order valence-electron chi connectivity index (χ1n) is 5.56. The van der Waals surface area contributed by atoms with Crippen molar-refractivity contribution in [2.45, 2.75) is 57.6 Å². The Morgan fingerprint density at radius 2 is 1.86 bits per heavy atom. The Morgan fingerprint density at radius 3 is 2.36 bits per heavy atom. The molecule has 0 spiro atoms. The lowest BCUT2D eigenvalue weighted by Gasteiger charge is -2.09. The number of carbonyl (C=O) groups is 1. The zero-order valence-corrected chi connectivity index (χ0v) is 10.1. The molecule has 0 rings (SSSR count). The van der Waals surface area contributed by atoms with Crippen LogP contribution in [0.1, 0.15) is 52.4 Å². The third-order valence-electron chi connectivity index (χ3n) is 2.21. The van der Waals surface area contributed by atoms with Gasteiger partial charge in [-0.2, -0.15) is 0 Å². The maximum Gasteiger partial charge on any atom is 0.316 e. The van der Waals surface area contributed by atoms with Gasteiger partial charge in [-0.25, -0.2) is 0 Å². The van der Waals surface area contributed by atoms with E-state index < -0.39 is 5.97 Å². The van der Waals surface area contributed by atoms with Gasteiger partial charge in [-0.05, 0) is 12.2 Å². The van der Waals surface area contributed by atoms with E-state index in [9.17, 15) is 4.79 Å². The number of carboxylic acid groups (broad SMARTS) is 1. The standard InChI is InChI=1S/C11H22O2S/c1-3-5-6-7-8-9-10(11(12)13)14-4-2/h10H,3-9H2,1-2H3,(H,12,13). The van der Waals surface area contributed by atoms with Crippen molar-refractivity contribution in [3.63, 3.8) is 0 Å². The minimum absolute atomic E-state index is 0.179. The van der Waals surface area contributed by atoms with Crippen LogP contribution in [0.3, 0.4) is 0 Å². The fourth-order valence-corrected chi connectivity index (χ4v) is 2.29. The summed E-state index contributed by atoms with van der Waals surface area (Å²) in [5, 5.41) is 8.71. The van der Waals surface area contributed by atoms with Gasteiger partial charge in [0.2, 0.25) is 0 Å². The third kappa shape index (κ3) is 7.25. The molecule has 0 saturated heterocycles. The van der Waals surface area contributed by atoms with Gasteiger partial charge in [0.1, 0.15) is 5.25 Å². The number of hydrogen-bond donors (Lipinski definition) is 1. The van der Waals surface area contributed by atoms with E-state index in [1.54, 1.807) is 11.8 Å². The molecule has 0 fully saturated rings. The highest BCUT2D eigenvalue weighted by atomic mass is 32.2. The van der Waals surface area contributed by atoms with Gasteiger partial charge in [-0.3, -0.25) is 4.79 Å². The molecule has 2 nitrogen and oxygen atoms in total. The fraction of sp³-hybridized carbons (Fsp3) is 0.909. The monoisotopic (exact) mass is 218 g/mol. The molecule has 0 amide bonds. The van der Waals surface area contributed by atoms with Gasteiger partial charge >= 0.3 is 5.97 Å². The molecule has 0 aromatic carbocycles. The maximum atomic E-state index is 10.8. The summed E-state index contributed by atoms with van der Waals surface area (Å²) in [6, 6.07) is 0. The van der Waals surface area contributed by atoms with Crippen molar-refractivity contribution in [2.75, 3.05) is 5.75 Å². The van der Waals surface area contributed by atoms with Crippen LogP contribution in [0.25, 0.3) is 0 Å². The number of hydrogen-bond acceptors (Lipinski definition) is 2. The van der Waals surface area contributed by atoms with Gasteiger partial charge in [-0.1, -0.05) is 46.0 Å². The summed E-state index contributed by atoms with van der Waals surface area (Å²) in [4.78, 5) is 10.8. The zero-order valence-electron chi connectivity index (χ0n) is 9.29. The van der Waals surface area contributed by atoms with E-state index in [4.69, 9.17) is 5.11 Å². The SMILES string of the molecule is CCCCCCCC(SCC)C(=O)O. The van der Waals surface area contributed by atoms with Gasteiger partial charge in [0.05, 0.1) is 0 Å². The Kier molecular flexibility index (Phi) is 9.26. The average molecular weight is 218 g/mol. The summed E-state index contributed by atoms with van der Waals surface area (Å²) in [6.07, 6.45) is 6.84. The Labute approximate surface area is 91.5 Å². The molecule has 84 valence electrons. The molecule has 3 heteroatoms. The van der Waals surface area contributed by atoms with E-state index >= 15 is 0 Å². The summed E-state index contributed by atoms with van der Waals surface area (Å²) in [7, 11) is 0. The number of unbranched alkanes of at least 4 members (excludes halogenated alkanes) is 4. The molecular weight excluding hydrogens is 196 g/mol. The minimum atomic E-state index is -0.646. The second kappa shape index (κ2) is 9.38. The Balaban J connectivity index is 3.46. The lowest BCUT2D eigenvalue weighted by Crippen LogP contribution is -2.16. The van der Waals surface area contributed by atoms with E-state index in [0.717, 1.165) is 18.6 Å². The molecule has 1 atom stereocenters. The van der Waals surface area contributed by atoms with Crippen LogP contribution in [0.4, 0.5) is 0 Å². The summed E-state index contributed by atoms with van der Waals surface area (Å²) in [6.45, 7) is 4.20. The van der Waals surface area contributed by atoms with Gasteiger partial charge in [0.25, 0.3) is 0 Å². The highest BCUT2D eigenvalue weighted by Crippen LogP contribution is 2.18. The number of aliphatic carboxylic acids is 1. The molecule has 0 bridgehead atoms.